The summed E-state index contributed by atoms with van der Waals surface area (Å²) in [5.41, 5.74) is 1.75. The molecule has 0 unspecified atom stereocenters. The Hall–Kier alpha value is -1.75. The van der Waals surface area contributed by atoms with Crippen LogP contribution in [0.1, 0.15) is 5.56 Å². The van der Waals surface area contributed by atoms with E-state index in [9.17, 15) is 0 Å². The van der Waals surface area contributed by atoms with Crippen LogP contribution in [0.2, 0.25) is 0 Å². The molecule has 0 bridgehead atoms. The maximum atomic E-state index is 5.22. The first kappa shape index (κ1) is 5.99. The predicted octanol–water partition coefficient (Wildman–Crippen LogP) is 1.32. The van der Waals surface area contributed by atoms with Gasteiger partial charge < -0.3 is 4.40 Å². The number of nitrogens with zero attached hydrogens (tertiary/aromatic N) is 2. The molecule has 0 saturated heterocycles. The Morgan fingerprint density at radius 3 is 3.18 bits per heavy atom. The van der Waals surface area contributed by atoms with E-state index in [0.29, 0.717) is 0 Å². The summed E-state index contributed by atoms with van der Waals surface area (Å²) in [4.78, 5) is 4.09. The second-order valence-corrected chi connectivity index (χ2v) is 2.25. The number of aromatic nitrogens is 2. The zero-order valence-electron chi connectivity index (χ0n) is 5.86. The first-order valence-electron chi connectivity index (χ1n) is 3.29. The number of terminal acetylenes is 1. The molecular formula is C9H6N2. The van der Waals surface area contributed by atoms with Crippen LogP contribution in [0.15, 0.2) is 30.7 Å². The van der Waals surface area contributed by atoms with Gasteiger partial charge in [0.1, 0.15) is 5.65 Å². The van der Waals surface area contributed by atoms with Gasteiger partial charge in [0, 0.05) is 24.2 Å². The van der Waals surface area contributed by atoms with Gasteiger partial charge in [0.05, 0.1) is 0 Å². The van der Waals surface area contributed by atoms with E-state index < -0.39 is 0 Å². The van der Waals surface area contributed by atoms with Gasteiger partial charge in [0.2, 0.25) is 0 Å². The monoisotopic (exact) mass is 142 g/mol. The summed E-state index contributed by atoms with van der Waals surface area (Å²) in [5.74, 6) is 2.56. The molecule has 0 radical (unpaired) electrons. The number of rotatable bonds is 0. The van der Waals surface area contributed by atoms with Gasteiger partial charge in [-0.15, -0.1) is 6.42 Å². The summed E-state index contributed by atoms with van der Waals surface area (Å²) < 4.78 is 1.92. The molecule has 0 aliphatic carbocycles. The van der Waals surface area contributed by atoms with Crippen LogP contribution in [0.4, 0.5) is 0 Å². The molecule has 2 nitrogen and oxygen atoms in total. The van der Waals surface area contributed by atoms with Crippen molar-refractivity contribution < 1.29 is 0 Å². The Bertz CT molecular complexity index is 420. The first-order chi connectivity index (χ1) is 5.40. The van der Waals surface area contributed by atoms with Crippen LogP contribution in [0.5, 0.6) is 0 Å². The standard InChI is InChI=1S/C9H6N2/c1-2-8-3-5-11-6-4-10-9(11)7-8/h1,3-7H. The Morgan fingerprint density at radius 1 is 1.45 bits per heavy atom. The second kappa shape index (κ2) is 2.14. The van der Waals surface area contributed by atoms with Gasteiger partial charge in [-0.1, -0.05) is 5.92 Å². The van der Waals surface area contributed by atoms with E-state index in [4.69, 9.17) is 6.42 Å². The number of pyridine rings is 1. The fraction of sp³-hybridized carbons (Fsp3) is 0. The molecule has 2 aromatic heterocycles. The topological polar surface area (TPSA) is 17.3 Å². The third-order valence-electron chi connectivity index (χ3n) is 1.56. The van der Waals surface area contributed by atoms with Gasteiger partial charge in [-0.25, -0.2) is 4.98 Å². The van der Waals surface area contributed by atoms with E-state index >= 15 is 0 Å². The smallest absolute Gasteiger partial charge is 0.137 e. The minimum atomic E-state index is 0.865. The molecule has 2 heterocycles. The highest BCUT2D eigenvalue weighted by Crippen LogP contribution is 2.03. The van der Waals surface area contributed by atoms with Crippen LogP contribution >= 0.6 is 0 Å². The maximum Gasteiger partial charge on any atom is 0.137 e. The van der Waals surface area contributed by atoms with Crippen molar-refractivity contribution in [1.82, 2.24) is 9.38 Å². The molecule has 0 aliphatic heterocycles. The molecule has 0 amide bonds. The highest BCUT2D eigenvalue weighted by atomic mass is 15.0. The molecule has 0 fully saturated rings. The minimum Gasteiger partial charge on any atom is -0.307 e. The lowest BCUT2D eigenvalue weighted by Crippen LogP contribution is -1.82. The fourth-order valence-corrected chi connectivity index (χ4v) is 1.000. The fourth-order valence-electron chi connectivity index (χ4n) is 1.000. The van der Waals surface area contributed by atoms with Gasteiger partial charge in [-0.2, -0.15) is 0 Å². The summed E-state index contributed by atoms with van der Waals surface area (Å²) in [6, 6.07) is 3.76. The molecule has 0 spiro atoms. The molecule has 0 atom stereocenters. The van der Waals surface area contributed by atoms with Crippen LogP contribution in [0, 0.1) is 12.3 Å². The summed E-state index contributed by atoms with van der Waals surface area (Å²) in [6.45, 7) is 0. The molecule has 11 heavy (non-hydrogen) atoms. The van der Waals surface area contributed by atoms with Crippen molar-refractivity contribution in [3.63, 3.8) is 0 Å². The van der Waals surface area contributed by atoms with Gasteiger partial charge in [0.25, 0.3) is 0 Å². The molecule has 52 valence electrons. The highest BCUT2D eigenvalue weighted by molar-refractivity contribution is 5.46. The normalized spacial score (nSPS) is 9.73. The lowest BCUT2D eigenvalue weighted by Gasteiger charge is -1.92. The average Bonchev–Trinajstić information content (AvgIpc) is 2.50. The van der Waals surface area contributed by atoms with Gasteiger partial charge in [-0.3, -0.25) is 0 Å². The molecular weight excluding hydrogens is 136 g/mol. The van der Waals surface area contributed by atoms with Crippen molar-refractivity contribution in [3.8, 4) is 12.3 Å². The SMILES string of the molecule is C#Cc1ccn2ccnc2c1. The van der Waals surface area contributed by atoms with Gasteiger partial charge in [0.15, 0.2) is 0 Å². The van der Waals surface area contributed by atoms with E-state index in [0.717, 1.165) is 11.2 Å². The van der Waals surface area contributed by atoms with Crippen molar-refractivity contribution in [2.45, 2.75) is 0 Å². The quantitative estimate of drug-likeness (QED) is 0.507. The highest BCUT2D eigenvalue weighted by Gasteiger charge is 1.92. The molecule has 0 aromatic carbocycles. The summed E-state index contributed by atoms with van der Waals surface area (Å²) >= 11 is 0. The second-order valence-electron chi connectivity index (χ2n) is 2.25. The third-order valence-corrected chi connectivity index (χ3v) is 1.56. The third kappa shape index (κ3) is 0.870. The van der Waals surface area contributed by atoms with Crippen molar-refractivity contribution in [2.75, 3.05) is 0 Å². The molecule has 0 saturated carbocycles. The van der Waals surface area contributed by atoms with Crippen LogP contribution in [0.25, 0.3) is 5.65 Å². The number of imidazole rings is 1. The van der Waals surface area contributed by atoms with Crippen molar-refractivity contribution in [1.29, 1.82) is 0 Å². The molecule has 2 aromatic rings. The van der Waals surface area contributed by atoms with Crippen molar-refractivity contribution in [2.24, 2.45) is 0 Å². The number of hydrogen-bond donors (Lipinski definition) is 0. The van der Waals surface area contributed by atoms with Gasteiger partial charge >= 0.3 is 0 Å². The summed E-state index contributed by atoms with van der Waals surface area (Å²) in [5, 5.41) is 0. The van der Waals surface area contributed by atoms with Gasteiger partial charge in [-0.05, 0) is 12.1 Å². The first-order valence-corrected chi connectivity index (χ1v) is 3.29. The minimum absolute atomic E-state index is 0.865. The molecule has 2 heteroatoms. The van der Waals surface area contributed by atoms with E-state index in [-0.39, 0.29) is 0 Å². The van der Waals surface area contributed by atoms with E-state index in [1.165, 1.54) is 0 Å². The van der Waals surface area contributed by atoms with Crippen LogP contribution in [0.3, 0.4) is 0 Å². The summed E-state index contributed by atoms with van der Waals surface area (Å²) in [7, 11) is 0. The van der Waals surface area contributed by atoms with Crippen LogP contribution in [-0.4, -0.2) is 9.38 Å². The lowest BCUT2D eigenvalue weighted by atomic mass is 10.3. The van der Waals surface area contributed by atoms with Crippen molar-refractivity contribution in [3.05, 3.63) is 36.3 Å². The molecule has 0 aliphatic rings. The predicted molar refractivity (Wildman–Crippen MR) is 43.1 cm³/mol. The van der Waals surface area contributed by atoms with Crippen LogP contribution in [-0.2, 0) is 0 Å². The van der Waals surface area contributed by atoms with E-state index in [1.54, 1.807) is 6.20 Å². The van der Waals surface area contributed by atoms with E-state index in [2.05, 4.69) is 10.9 Å². The lowest BCUT2D eigenvalue weighted by molar-refractivity contribution is 1.18. The average molecular weight is 142 g/mol. The maximum absolute atomic E-state index is 5.22. The van der Waals surface area contributed by atoms with E-state index in [1.807, 2.05) is 28.9 Å². The zero-order valence-corrected chi connectivity index (χ0v) is 5.86. The summed E-state index contributed by atoms with van der Waals surface area (Å²) in [6.07, 6.45) is 10.8. The number of fused-ring (bicyclic) bond motifs is 1. The Balaban J connectivity index is 2.79. The number of hydrogen-bond acceptors (Lipinski definition) is 1. The zero-order chi connectivity index (χ0) is 7.68. The molecule has 2 rings (SSSR count). The van der Waals surface area contributed by atoms with Crippen LogP contribution < -0.4 is 0 Å². The molecule has 0 N–H and O–H groups in total. The Labute approximate surface area is 64.5 Å². The Morgan fingerprint density at radius 2 is 2.36 bits per heavy atom. The Kier molecular flexibility index (Phi) is 1.16. The van der Waals surface area contributed by atoms with Crippen molar-refractivity contribution >= 4 is 5.65 Å². The largest absolute Gasteiger partial charge is 0.307 e.